The number of hydrogen-bond acceptors (Lipinski definition) is 3. The third-order valence-corrected chi connectivity index (χ3v) is 3.22. The van der Waals surface area contributed by atoms with Crippen LogP contribution in [0.5, 0.6) is 0 Å². The standard InChI is InChI=1S/C15H18BrNO3/c1-10(8-14(18)13(17)9-15(19)20)2-3-11-4-6-12(16)7-5-11/h2-8,13-14,18H,9,17H2,1H3,(H,19,20)/b3-2+,10-8+/t13-,14-/m0/s1. The Morgan fingerprint density at radius 1 is 1.40 bits per heavy atom. The lowest BCUT2D eigenvalue weighted by molar-refractivity contribution is -0.137. The number of carboxylic acid groups (broad SMARTS) is 1. The number of rotatable bonds is 6. The van der Waals surface area contributed by atoms with Crippen molar-refractivity contribution >= 4 is 28.0 Å². The maximum Gasteiger partial charge on any atom is 0.305 e. The van der Waals surface area contributed by atoms with Gasteiger partial charge in [0.25, 0.3) is 0 Å². The number of hydrogen-bond donors (Lipinski definition) is 3. The van der Waals surface area contributed by atoms with Gasteiger partial charge in [0.15, 0.2) is 0 Å². The number of allylic oxidation sites excluding steroid dienone is 2. The number of aliphatic hydroxyl groups is 1. The van der Waals surface area contributed by atoms with Gasteiger partial charge in [0.05, 0.1) is 12.5 Å². The van der Waals surface area contributed by atoms with Crippen LogP contribution in [0.3, 0.4) is 0 Å². The highest BCUT2D eigenvalue weighted by Gasteiger charge is 2.15. The first-order valence-corrected chi connectivity index (χ1v) is 6.95. The number of aliphatic hydroxyl groups excluding tert-OH is 1. The maximum absolute atomic E-state index is 10.5. The van der Waals surface area contributed by atoms with Crippen molar-refractivity contribution in [2.24, 2.45) is 5.73 Å². The predicted molar refractivity (Wildman–Crippen MR) is 83.2 cm³/mol. The van der Waals surface area contributed by atoms with Gasteiger partial charge in [-0.15, -0.1) is 0 Å². The zero-order chi connectivity index (χ0) is 15.1. The molecule has 2 atom stereocenters. The minimum absolute atomic E-state index is 0.263. The Balaban J connectivity index is 2.64. The molecule has 4 nitrogen and oxygen atoms in total. The van der Waals surface area contributed by atoms with E-state index in [4.69, 9.17) is 10.8 Å². The molecule has 0 aliphatic rings. The van der Waals surface area contributed by atoms with Crippen LogP contribution >= 0.6 is 15.9 Å². The molecule has 0 radical (unpaired) electrons. The second-order valence-corrected chi connectivity index (χ2v) is 5.46. The molecular formula is C15H18BrNO3. The fourth-order valence-corrected chi connectivity index (χ4v) is 1.84. The molecule has 0 fully saturated rings. The van der Waals surface area contributed by atoms with Crippen LogP contribution in [0.2, 0.25) is 0 Å². The second kappa shape index (κ2) is 7.99. The third-order valence-electron chi connectivity index (χ3n) is 2.69. The summed E-state index contributed by atoms with van der Waals surface area (Å²) >= 11 is 3.36. The van der Waals surface area contributed by atoms with Crippen LogP contribution < -0.4 is 5.73 Å². The van der Waals surface area contributed by atoms with Gasteiger partial charge in [-0.3, -0.25) is 4.79 Å². The molecule has 1 aromatic carbocycles. The molecule has 0 unspecified atom stereocenters. The minimum Gasteiger partial charge on any atom is -0.481 e. The molecule has 0 saturated carbocycles. The quantitative estimate of drug-likeness (QED) is 0.695. The van der Waals surface area contributed by atoms with Gasteiger partial charge in [-0.1, -0.05) is 51.9 Å². The largest absolute Gasteiger partial charge is 0.481 e. The lowest BCUT2D eigenvalue weighted by atomic mass is 10.1. The summed E-state index contributed by atoms with van der Waals surface area (Å²) in [6.45, 7) is 1.83. The van der Waals surface area contributed by atoms with Crippen molar-refractivity contribution < 1.29 is 15.0 Å². The maximum atomic E-state index is 10.5. The van der Waals surface area contributed by atoms with E-state index in [2.05, 4.69) is 15.9 Å². The summed E-state index contributed by atoms with van der Waals surface area (Å²) in [5.74, 6) is -1.02. The monoisotopic (exact) mass is 339 g/mol. The van der Waals surface area contributed by atoms with Gasteiger partial charge in [0.2, 0.25) is 0 Å². The number of nitrogens with two attached hydrogens (primary N) is 1. The fraction of sp³-hybridized carbons (Fsp3) is 0.267. The summed E-state index contributed by atoms with van der Waals surface area (Å²) in [6.07, 6.45) is 4.08. The highest BCUT2D eigenvalue weighted by molar-refractivity contribution is 9.10. The second-order valence-electron chi connectivity index (χ2n) is 4.55. The first kappa shape index (κ1) is 16.6. The van der Waals surface area contributed by atoms with E-state index in [1.54, 1.807) is 6.08 Å². The van der Waals surface area contributed by atoms with Gasteiger partial charge in [-0.05, 0) is 24.6 Å². The van der Waals surface area contributed by atoms with E-state index in [1.807, 2.05) is 43.3 Å². The van der Waals surface area contributed by atoms with Crippen molar-refractivity contribution in [1.29, 1.82) is 0 Å². The van der Waals surface area contributed by atoms with Crippen molar-refractivity contribution in [2.45, 2.75) is 25.5 Å². The zero-order valence-electron chi connectivity index (χ0n) is 11.2. The van der Waals surface area contributed by atoms with E-state index < -0.39 is 18.1 Å². The Labute approximate surface area is 126 Å². The van der Waals surface area contributed by atoms with Crippen molar-refractivity contribution in [3.8, 4) is 0 Å². The minimum atomic E-state index is -1.02. The van der Waals surface area contributed by atoms with E-state index in [9.17, 15) is 9.90 Å². The van der Waals surface area contributed by atoms with E-state index in [1.165, 1.54) is 0 Å². The van der Waals surface area contributed by atoms with E-state index in [-0.39, 0.29) is 6.42 Å². The van der Waals surface area contributed by atoms with E-state index >= 15 is 0 Å². The zero-order valence-corrected chi connectivity index (χ0v) is 12.7. The third kappa shape index (κ3) is 6.14. The number of benzene rings is 1. The molecule has 0 bridgehead atoms. The van der Waals surface area contributed by atoms with Crippen LogP contribution in [-0.2, 0) is 4.79 Å². The normalized spacial score (nSPS) is 15.3. The SMILES string of the molecule is CC(/C=C/c1ccc(Br)cc1)=C\[C@H](O)[C@@H](N)CC(=O)O. The summed E-state index contributed by atoms with van der Waals surface area (Å²) in [4.78, 5) is 10.5. The smallest absolute Gasteiger partial charge is 0.305 e. The van der Waals surface area contributed by atoms with Crippen LogP contribution in [0, 0.1) is 0 Å². The molecule has 0 aliphatic heterocycles. The first-order chi connectivity index (χ1) is 9.38. The van der Waals surface area contributed by atoms with Crippen molar-refractivity contribution in [3.05, 3.63) is 52.0 Å². The van der Waals surface area contributed by atoms with Crippen LogP contribution in [0.15, 0.2) is 46.5 Å². The van der Waals surface area contributed by atoms with Crippen LogP contribution in [0.1, 0.15) is 18.9 Å². The summed E-state index contributed by atoms with van der Waals surface area (Å²) in [5.41, 5.74) is 7.44. The van der Waals surface area contributed by atoms with Crippen molar-refractivity contribution in [2.75, 3.05) is 0 Å². The van der Waals surface area contributed by atoms with Crippen LogP contribution in [0.4, 0.5) is 0 Å². The molecule has 0 spiro atoms. The molecule has 0 heterocycles. The molecule has 108 valence electrons. The summed E-state index contributed by atoms with van der Waals surface area (Å²) in [6, 6.07) is 7.00. The van der Waals surface area contributed by atoms with Gasteiger partial charge in [0.1, 0.15) is 0 Å². The lowest BCUT2D eigenvalue weighted by Gasteiger charge is -2.13. The van der Waals surface area contributed by atoms with Crippen LogP contribution in [0.25, 0.3) is 6.08 Å². The Morgan fingerprint density at radius 2 is 2.00 bits per heavy atom. The number of carbonyl (C=O) groups is 1. The van der Waals surface area contributed by atoms with Gasteiger partial charge < -0.3 is 15.9 Å². The first-order valence-electron chi connectivity index (χ1n) is 6.16. The number of carboxylic acids is 1. The number of aliphatic carboxylic acids is 1. The number of halogens is 1. The molecule has 4 N–H and O–H groups in total. The highest BCUT2D eigenvalue weighted by atomic mass is 79.9. The summed E-state index contributed by atoms with van der Waals surface area (Å²) < 4.78 is 1.01. The predicted octanol–water partition coefficient (Wildman–Crippen LogP) is 2.57. The molecule has 5 heteroatoms. The van der Waals surface area contributed by atoms with Crippen molar-refractivity contribution in [1.82, 2.24) is 0 Å². The molecule has 0 saturated heterocycles. The summed E-state index contributed by atoms with van der Waals surface area (Å²) in [7, 11) is 0. The van der Waals surface area contributed by atoms with Gasteiger partial charge in [-0.25, -0.2) is 0 Å². The van der Waals surface area contributed by atoms with Gasteiger partial charge >= 0.3 is 5.97 Å². The highest BCUT2D eigenvalue weighted by Crippen LogP contribution is 2.12. The van der Waals surface area contributed by atoms with Gasteiger partial charge in [0, 0.05) is 10.5 Å². The molecule has 0 aromatic heterocycles. The van der Waals surface area contributed by atoms with Crippen LogP contribution in [-0.4, -0.2) is 28.3 Å². The molecule has 0 amide bonds. The Morgan fingerprint density at radius 3 is 2.55 bits per heavy atom. The average molecular weight is 340 g/mol. The summed E-state index contributed by atoms with van der Waals surface area (Å²) in [5, 5.41) is 18.4. The lowest BCUT2D eigenvalue weighted by Crippen LogP contribution is -2.35. The Bertz CT molecular complexity index is 508. The Hall–Kier alpha value is -1.43. The Kier molecular flexibility index (Phi) is 6.64. The van der Waals surface area contributed by atoms with Crippen molar-refractivity contribution in [3.63, 3.8) is 0 Å². The fourth-order valence-electron chi connectivity index (χ4n) is 1.57. The molecule has 0 aliphatic carbocycles. The molecular weight excluding hydrogens is 322 g/mol. The molecule has 20 heavy (non-hydrogen) atoms. The molecule has 1 aromatic rings. The van der Waals surface area contributed by atoms with E-state index in [0.717, 1.165) is 15.6 Å². The topological polar surface area (TPSA) is 83.5 Å². The van der Waals surface area contributed by atoms with E-state index in [0.29, 0.717) is 0 Å². The average Bonchev–Trinajstić information content (AvgIpc) is 2.37. The molecule has 1 rings (SSSR count). The van der Waals surface area contributed by atoms with Gasteiger partial charge in [-0.2, -0.15) is 0 Å².